The van der Waals surface area contributed by atoms with Crippen LogP contribution in [0.5, 0.6) is 11.5 Å². The molecular formula is C13H12ClFN2O. The van der Waals surface area contributed by atoms with Crippen LogP contribution in [-0.4, -0.2) is 4.98 Å². The SMILES string of the molecule is C[C@@H](N)c1ccc(Oc2ccc(F)c(Cl)c2)cn1. The van der Waals surface area contributed by atoms with Crippen LogP contribution in [0.15, 0.2) is 36.5 Å². The fourth-order valence-electron chi connectivity index (χ4n) is 1.40. The second kappa shape index (κ2) is 5.33. The van der Waals surface area contributed by atoms with E-state index in [-0.39, 0.29) is 11.1 Å². The van der Waals surface area contributed by atoms with Crippen LogP contribution in [-0.2, 0) is 0 Å². The molecule has 0 amide bonds. The summed E-state index contributed by atoms with van der Waals surface area (Å²) >= 11 is 5.66. The van der Waals surface area contributed by atoms with Gasteiger partial charge in [-0.2, -0.15) is 0 Å². The van der Waals surface area contributed by atoms with Gasteiger partial charge in [-0.3, -0.25) is 4.98 Å². The number of rotatable bonds is 3. The number of benzene rings is 1. The molecule has 0 saturated heterocycles. The summed E-state index contributed by atoms with van der Waals surface area (Å²) in [6.45, 7) is 1.85. The van der Waals surface area contributed by atoms with E-state index in [9.17, 15) is 4.39 Å². The van der Waals surface area contributed by atoms with Crippen molar-refractivity contribution in [2.45, 2.75) is 13.0 Å². The Balaban J connectivity index is 2.15. The monoisotopic (exact) mass is 266 g/mol. The van der Waals surface area contributed by atoms with Gasteiger partial charge in [0.2, 0.25) is 0 Å². The minimum atomic E-state index is -0.477. The van der Waals surface area contributed by atoms with E-state index in [2.05, 4.69) is 4.98 Å². The van der Waals surface area contributed by atoms with Crippen LogP contribution in [0.3, 0.4) is 0 Å². The van der Waals surface area contributed by atoms with Gasteiger partial charge in [-0.1, -0.05) is 11.6 Å². The highest BCUT2D eigenvalue weighted by Crippen LogP contribution is 2.25. The van der Waals surface area contributed by atoms with Gasteiger partial charge in [-0.05, 0) is 31.2 Å². The van der Waals surface area contributed by atoms with Crippen molar-refractivity contribution in [1.82, 2.24) is 4.98 Å². The average molecular weight is 267 g/mol. The molecule has 0 aliphatic rings. The highest BCUT2D eigenvalue weighted by atomic mass is 35.5. The van der Waals surface area contributed by atoms with Crippen molar-refractivity contribution in [3.05, 3.63) is 53.1 Å². The Morgan fingerprint density at radius 2 is 2.00 bits per heavy atom. The van der Waals surface area contributed by atoms with E-state index in [1.165, 1.54) is 18.2 Å². The topological polar surface area (TPSA) is 48.1 Å². The molecule has 5 heteroatoms. The summed E-state index contributed by atoms with van der Waals surface area (Å²) in [6.07, 6.45) is 1.57. The van der Waals surface area contributed by atoms with Crippen LogP contribution < -0.4 is 10.5 Å². The zero-order valence-corrected chi connectivity index (χ0v) is 10.5. The van der Waals surface area contributed by atoms with Crippen LogP contribution >= 0.6 is 11.6 Å². The van der Waals surface area contributed by atoms with Crippen molar-refractivity contribution in [1.29, 1.82) is 0 Å². The van der Waals surface area contributed by atoms with Gasteiger partial charge in [0, 0.05) is 12.1 Å². The van der Waals surface area contributed by atoms with Gasteiger partial charge >= 0.3 is 0 Å². The lowest BCUT2D eigenvalue weighted by atomic mass is 10.2. The normalized spacial score (nSPS) is 12.2. The van der Waals surface area contributed by atoms with Crippen molar-refractivity contribution in [3.63, 3.8) is 0 Å². The Bertz CT molecular complexity index is 543. The van der Waals surface area contributed by atoms with Gasteiger partial charge in [0.25, 0.3) is 0 Å². The molecular weight excluding hydrogens is 255 g/mol. The summed E-state index contributed by atoms with van der Waals surface area (Å²) in [4.78, 5) is 4.16. The smallest absolute Gasteiger partial charge is 0.145 e. The highest BCUT2D eigenvalue weighted by Gasteiger charge is 2.04. The lowest BCUT2D eigenvalue weighted by Gasteiger charge is -2.08. The Hall–Kier alpha value is -1.65. The standard InChI is InChI=1S/C13H12ClFN2O/c1-8(16)13-5-3-10(7-17-13)18-9-2-4-12(15)11(14)6-9/h2-8H,16H2,1H3/t8-/m1/s1. The minimum absolute atomic E-state index is 0.0210. The molecule has 1 aromatic heterocycles. The fourth-order valence-corrected chi connectivity index (χ4v) is 1.57. The van der Waals surface area contributed by atoms with Gasteiger partial charge in [0.05, 0.1) is 16.9 Å². The van der Waals surface area contributed by atoms with Crippen molar-refractivity contribution in [2.75, 3.05) is 0 Å². The summed E-state index contributed by atoms with van der Waals surface area (Å²) in [5.74, 6) is 0.522. The number of hydrogen-bond acceptors (Lipinski definition) is 3. The van der Waals surface area contributed by atoms with E-state index in [0.29, 0.717) is 11.5 Å². The quantitative estimate of drug-likeness (QED) is 0.922. The van der Waals surface area contributed by atoms with Gasteiger partial charge < -0.3 is 10.5 Å². The highest BCUT2D eigenvalue weighted by molar-refractivity contribution is 6.30. The molecule has 2 N–H and O–H groups in total. The number of nitrogens with zero attached hydrogens (tertiary/aromatic N) is 1. The molecule has 2 rings (SSSR count). The predicted octanol–water partition coefficient (Wildman–Crippen LogP) is 3.69. The molecule has 94 valence electrons. The molecule has 1 aromatic carbocycles. The number of halogens is 2. The molecule has 0 fully saturated rings. The molecule has 1 heterocycles. The molecule has 0 radical (unpaired) electrons. The van der Waals surface area contributed by atoms with Crippen LogP contribution in [0.4, 0.5) is 4.39 Å². The van der Waals surface area contributed by atoms with Crippen LogP contribution in [0.25, 0.3) is 0 Å². The summed E-state index contributed by atoms with van der Waals surface area (Å²) in [5, 5.41) is 0.0210. The Kier molecular flexibility index (Phi) is 3.79. The van der Waals surface area contributed by atoms with Crippen LogP contribution in [0.2, 0.25) is 5.02 Å². The average Bonchev–Trinajstić information content (AvgIpc) is 2.34. The zero-order chi connectivity index (χ0) is 13.1. The molecule has 0 spiro atoms. The molecule has 0 saturated carbocycles. The Morgan fingerprint density at radius 3 is 2.56 bits per heavy atom. The second-order valence-electron chi connectivity index (χ2n) is 3.89. The number of hydrogen-bond donors (Lipinski definition) is 1. The van der Waals surface area contributed by atoms with E-state index in [4.69, 9.17) is 22.1 Å². The predicted molar refractivity (Wildman–Crippen MR) is 68.3 cm³/mol. The maximum atomic E-state index is 13.0. The maximum absolute atomic E-state index is 13.0. The van der Waals surface area contributed by atoms with Gasteiger partial charge in [-0.15, -0.1) is 0 Å². The molecule has 18 heavy (non-hydrogen) atoms. The first-order valence-electron chi connectivity index (χ1n) is 5.40. The lowest BCUT2D eigenvalue weighted by Crippen LogP contribution is -2.06. The van der Waals surface area contributed by atoms with Crippen molar-refractivity contribution < 1.29 is 9.13 Å². The van der Waals surface area contributed by atoms with Crippen molar-refractivity contribution in [3.8, 4) is 11.5 Å². The molecule has 0 aliphatic heterocycles. The molecule has 0 unspecified atom stereocenters. The van der Waals surface area contributed by atoms with Gasteiger partial charge in [0.15, 0.2) is 0 Å². The van der Waals surface area contributed by atoms with Crippen LogP contribution in [0.1, 0.15) is 18.7 Å². The van der Waals surface area contributed by atoms with E-state index < -0.39 is 5.82 Å². The van der Waals surface area contributed by atoms with Crippen molar-refractivity contribution >= 4 is 11.6 Å². The number of aromatic nitrogens is 1. The van der Waals surface area contributed by atoms with Crippen LogP contribution in [0, 0.1) is 5.82 Å². The summed E-state index contributed by atoms with van der Waals surface area (Å²) in [5.41, 5.74) is 6.47. The summed E-state index contributed by atoms with van der Waals surface area (Å²) in [7, 11) is 0. The Morgan fingerprint density at radius 1 is 1.28 bits per heavy atom. The number of pyridine rings is 1. The molecule has 0 bridgehead atoms. The first-order chi connectivity index (χ1) is 8.56. The number of ether oxygens (including phenoxy) is 1. The van der Waals surface area contributed by atoms with E-state index in [1.807, 2.05) is 6.92 Å². The second-order valence-corrected chi connectivity index (χ2v) is 4.29. The van der Waals surface area contributed by atoms with Gasteiger partial charge in [-0.25, -0.2) is 4.39 Å². The first kappa shape index (κ1) is 12.8. The summed E-state index contributed by atoms with van der Waals surface area (Å²) < 4.78 is 18.5. The molecule has 3 nitrogen and oxygen atoms in total. The van der Waals surface area contributed by atoms with E-state index in [1.54, 1.807) is 18.3 Å². The molecule has 1 atom stereocenters. The zero-order valence-electron chi connectivity index (χ0n) is 9.73. The molecule has 2 aromatic rings. The van der Waals surface area contributed by atoms with Crippen molar-refractivity contribution in [2.24, 2.45) is 5.73 Å². The maximum Gasteiger partial charge on any atom is 0.145 e. The number of nitrogens with two attached hydrogens (primary N) is 1. The fraction of sp³-hybridized carbons (Fsp3) is 0.154. The largest absolute Gasteiger partial charge is 0.456 e. The van der Waals surface area contributed by atoms with Gasteiger partial charge in [0.1, 0.15) is 17.3 Å². The third-order valence-corrected chi connectivity index (χ3v) is 2.64. The minimum Gasteiger partial charge on any atom is -0.456 e. The van der Waals surface area contributed by atoms with E-state index >= 15 is 0 Å². The third kappa shape index (κ3) is 2.97. The first-order valence-corrected chi connectivity index (χ1v) is 5.78. The lowest BCUT2D eigenvalue weighted by molar-refractivity contribution is 0.477. The third-order valence-electron chi connectivity index (χ3n) is 2.35. The Labute approximate surface area is 109 Å². The summed E-state index contributed by atoms with van der Waals surface area (Å²) in [6, 6.07) is 7.58. The van der Waals surface area contributed by atoms with E-state index in [0.717, 1.165) is 5.69 Å². The molecule has 0 aliphatic carbocycles.